The van der Waals surface area contributed by atoms with E-state index in [1.807, 2.05) is 43.3 Å². The van der Waals surface area contributed by atoms with Gasteiger partial charge in [-0.3, -0.25) is 4.84 Å². The summed E-state index contributed by atoms with van der Waals surface area (Å²) >= 11 is 0. The number of hydrogen-bond donors (Lipinski definition) is 0. The van der Waals surface area contributed by atoms with Gasteiger partial charge < -0.3 is 0 Å². The number of hydroxylamine groups is 1. The average Bonchev–Trinajstić information content (AvgIpc) is 2.58. The number of nitrogens with zero attached hydrogens (tertiary/aromatic N) is 1. The van der Waals surface area contributed by atoms with Gasteiger partial charge in [-0.25, -0.2) is 8.42 Å². The number of hydrogen-bond acceptors (Lipinski definition) is 3. The van der Waals surface area contributed by atoms with Crippen molar-refractivity contribution in [2.45, 2.75) is 11.8 Å². The molecule has 24 heavy (non-hydrogen) atoms. The quantitative estimate of drug-likeness (QED) is 0.857. The van der Waals surface area contributed by atoms with Crippen molar-refractivity contribution in [1.29, 1.82) is 0 Å². The van der Waals surface area contributed by atoms with Crippen molar-refractivity contribution in [1.82, 2.24) is 4.47 Å². The van der Waals surface area contributed by atoms with Gasteiger partial charge in [0, 0.05) is 0 Å². The number of benzene rings is 2. The Labute approximate surface area is 142 Å². The predicted molar refractivity (Wildman–Crippen MR) is 94.6 cm³/mol. The molecule has 0 atom stereocenters. The highest BCUT2D eigenvalue weighted by molar-refractivity contribution is 7.89. The third kappa shape index (κ3) is 3.48. The average molecular weight is 341 g/mol. The van der Waals surface area contributed by atoms with Gasteiger partial charge in [-0.2, -0.15) is 0 Å². The second kappa shape index (κ2) is 6.73. The van der Waals surface area contributed by atoms with Crippen molar-refractivity contribution < 1.29 is 13.3 Å². The molecule has 124 valence electrons. The third-order valence-electron chi connectivity index (χ3n) is 3.86. The van der Waals surface area contributed by atoms with Crippen LogP contribution in [0.4, 0.5) is 0 Å². The Bertz CT molecular complexity index is 869. The fraction of sp³-hybridized carbons (Fsp3) is 0.158. The lowest BCUT2D eigenvalue weighted by atomic mass is 10.0. The zero-order chi connectivity index (χ0) is 17.2. The summed E-state index contributed by atoms with van der Waals surface area (Å²) < 4.78 is 26.5. The van der Waals surface area contributed by atoms with Crippen LogP contribution in [-0.4, -0.2) is 26.0 Å². The summed E-state index contributed by atoms with van der Waals surface area (Å²) in [5.74, 6) is 0. The van der Waals surface area contributed by atoms with Gasteiger partial charge in [0.05, 0.1) is 18.0 Å². The van der Waals surface area contributed by atoms with Crippen LogP contribution in [0.25, 0.3) is 6.08 Å². The number of rotatable bonds is 3. The SMILES string of the molecule is C=C1CON(S(=O)(=O)c2ccc(C)cc2)C/C1=C/c1ccccc1. The molecule has 1 fully saturated rings. The molecule has 0 unspecified atom stereocenters. The smallest absolute Gasteiger partial charge is 0.265 e. The zero-order valence-corrected chi connectivity index (χ0v) is 14.3. The largest absolute Gasteiger partial charge is 0.279 e. The van der Waals surface area contributed by atoms with Gasteiger partial charge in [-0.15, -0.1) is 0 Å². The van der Waals surface area contributed by atoms with Gasteiger partial charge >= 0.3 is 0 Å². The van der Waals surface area contributed by atoms with Crippen LogP contribution in [0.2, 0.25) is 0 Å². The van der Waals surface area contributed by atoms with Crippen molar-refractivity contribution in [2.75, 3.05) is 13.2 Å². The number of aryl methyl sites for hydroxylation is 1. The predicted octanol–water partition coefficient (Wildman–Crippen LogP) is 3.57. The van der Waals surface area contributed by atoms with E-state index in [2.05, 4.69) is 6.58 Å². The Hall–Kier alpha value is -2.21. The van der Waals surface area contributed by atoms with Crippen LogP contribution >= 0.6 is 0 Å². The summed E-state index contributed by atoms with van der Waals surface area (Å²) in [4.78, 5) is 5.63. The molecule has 0 N–H and O–H groups in total. The van der Waals surface area contributed by atoms with Crippen LogP contribution in [0, 0.1) is 6.92 Å². The molecule has 0 spiro atoms. The minimum absolute atomic E-state index is 0.143. The van der Waals surface area contributed by atoms with Gasteiger partial charge in [0.2, 0.25) is 0 Å². The zero-order valence-electron chi connectivity index (χ0n) is 13.5. The molecule has 0 bridgehead atoms. The summed E-state index contributed by atoms with van der Waals surface area (Å²) in [6.45, 7) is 6.19. The minimum atomic E-state index is -3.70. The van der Waals surface area contributed by atoms with E-state index < -0.39 is 10.0 Å². The molecule has 0 saturated carbocycles. The summed E-state index contributed by atoms with van der Waals surface area (Å²) in [7, 11) is -3.70. The van der Waals surface area contributed by atoms with E-state index in [9.17, 15) is 8.42 Å². The van der Waals surface area contributed by atoms with Crippen LogP contribution in [0.5, 0.6) is 0 Å². The van der Waals surface area contributed by atoms with Crippen molar-refractivity contribution in [3.05, 3.63) is 83.4 Å². The molecule has 2 aromatic carbocycles. The van der Waals surface area contributed by atoms with Gasteiger partial charge in [0.25, 0.3) is 10.0 Å². The molecule has 4 nitrogen and oxygen atoms in total. The van der Waals surface area contributed by atoms with E-state index in [-0.39, 0.29) is 18.0 Å². The first-order valence-electron chi connectivity index (χ1n) is 7.63. The lowest BCUT2D eigenvalue weighted by molar-refractivity contribution is -0.0765. The molecule has 1 aliphatic rings. The van der Waals surface area contributed by atoms with Gasteiger partial charge in [-0.1, -0.05) is 59.1 Å². The molecule has 1 heterocycles. The Kier molecular flexibility index (Phi) is 4.66. The minimum Gasteiger partial charge on any atom is -0.279 e. The van der Waals surface area contributed by atoms with E-state index in [1.165, 1.54) is 0 Å². The van der Waals surface area contributed by atoms with Gasteiger partial charge in [0.15, 0.2) is 0 Å². The monoisotopic (exact) mass is 341 g/mol. The maximum atomic E-state index is 12.7. The Morgan fingerprint density at radius 1 is 1.08 bits per heavy atom. The van der Waals surface area contributed by atoms with Crippen molar-refractivity contribution in [3.63, 3.8) is 0 Å². The van der Waals surface area contributed by atoms with Crippen molar-refractivity contribution in [3.8, 4) is 0 Å². The molecule has 5 heteroatoms. The topological polar surface area (TPSA) is 46.6 Å². The fourth-order valence-corrected chi connectivity index (χ4v) is 3.64. The number of sulfonamides is 1. The molecule has 0 aliphatic carbocycles. The second-order valence-corrected chi connectivity index (χ2v) is 7.57. The Morgan fingerprint density at radius 2 is 1.75 bits per heavy atom. The highest BCUT2D eigenvalue weighted by Gasteiger charge is 2.30. The van der Waals surface area contributed by atoms with Crippen molar-refractivity contribution >= 4 is 16.1 Å². The summed E-state index contributed by atoms with van der Waals surface area (Å²) in [6.07, 6.45) is 1.95. The van der Waals surface area contributed by atoms with E-state index in [1.54, 1.807) is 24.3 Å². The van der Waals surface area contributed by atoms with E-state index in [4.69, 9.17) is 4.84 Å². The molecule has 1 aliphatic heterocycles. The third-order valence-corrected chi connectivity index (χ3v) is 5.50. The fourth-order valence-electron chi connectivity index (χ4n) is 2.42. The van der Waals surface area contributed by atoms with E-state index >= 15 is 0 Å². The van der Waals surface area contributed by atoms with Crippen molar-refractivity contribution in [2.24, 2.45) is 0 Å². The molecule has 1 saturated heterocycles. The Balaban J connectivity index is 1.89. The summed E-state index contributed by atoms with van der Waals surface area (Å²) in [5, 5.41) is 0. The molecular weight excluding hydrogens is 322 g/mol. The molecule has 0 amide bonds. The maximum absolute atomic E-state index is 12.7. The first-order valence-corrected chi connectivity index (χ1v) is 9.07. The van der Waals surface area contributed by atoms with Crippen LogP contribution in [-0.2, 0) is 14.9 Å². The first-order chi connectivity index (χ1) is 11.5. The molecule has 2 aromatic rings. The van der Waals surface area contributed by atoms with E-state index in [0.29, 0.717) is 0 Å². The van der Waals surface area contributed by atoms with Crippen LogP contribution in [0.15, 0.2) is 77.2 Å². The molecule has 0 aromatic heterocycles. The maximum Gasteiger partial charge on any atom is 0.265 e. The lowest BCUT2D eigenvalue weighted by Gasteiger charge is -2.28. The van der Waals surface area contributed by atoms with Crippen LogP contribution in [0.1, 0.15) is 11.1 Å². The molecule has 0 radical (unpaired) electrons. The van der Waals surface area contributed by atoms with Crippen LogP contribution < -0.4 is 0 Å². The summed E-state index contributed by atoms with van der Waals surface area (Å²) in [5.41, 5.74) is 3.65. The van der Waals surface area contributed by atoms with Gasteiger partial charge in [0.1, 0.15) is 0 Å². The van der Waals surface area contributed by atoms with E-state index in [0.717, 1.165) is 26.7 Å². The molecule has 3 rings (SSSR count). The standard InChI is InChI=1S/C19H19NO3S/c1-15-8-10-19(11-9-15)24(21,22)20-13-18(16(2)14-23-20)12-17-6-4-3-5-7-17/h3-12H,2,13-14H2,1H3/b18-12-. The summed E-state index contributed by atoms with van der Waals surface area (Å²) in [6, 6.07) is 16.5. The highest BCUT2D eigenvalue weighted by Crippen LogP contribution is 2.26. The highest BCUT2D eigenvalue weighted by atomic mass is 32.2. The van der Waals surface area contributed by atoms with Gasteiger partial charge in [-0.05, 0) is 41.8 Å². The lowest BCUT2D eigenvalue weighted by Crippen LogP contribution is -2.37. The first kappa shape index (κ1) is 16.6. The molecular formula is C19H19NO3S. The van der Waals surface area contributed by atoms with Crippen LogP contribution in [0.3, 0.4) is 0 Å². The normalized spacial score (nSPS) is 18.0. The second-order valence-electron chi connectivity index (χ2n) is 5.74. The Morgan fingerprint density at radius 3 is 2.42 bits per heavy atom.